The lowest BCUT2D eigenvalue weighted by Crippen LogP contribution is -2.52. The number of pyridine rings is 1. The van der Waals surface area contributed by atoms with Gasteiger partial charge in [0.05, 0.1) is 26.4 Å². The first kappa shape index (κ1) is 12.8. The molecule has 6 nitrogen and oxygen atoms in total. The normalized spacial score (nSPS) is 19.7. The topological polar surface area (TPSA) is 77.7 Å². The SMILES string of the molecule is COc1ncccc1C(=O)N1CCOCC1CN. The van der Waals surface area contributed by atoms with Crippen molar-refractivity contribution in [3.8, 4) is 5.88 Å². The fourth-order valence-electron chi connectivity index (χ4n) is 1.99. The number of nitrogens with two attached hydrogens (primary N) is 1. The molecule has 0 bridgehead atoms. The molecular weight excluding hydrogens is 234 g/mol. The van der Waals surface area contributed by atoms with Crippen LogP contribution >= 0.6 is 0 Å². The fraction of sp³-hybridized carbons (Fsp3) is 0.500. The lowest BCUT2D eigenvalue weighted by atomic mass is 10.1. The molecule has 1 atom stereocenters. The third-order valence-electron chi connectivity index (χ3n) is 2.96. The highest BCUT2D eigenvalue weighted by Crippen LogP contribution is 2.18. The quantitative estimate of drug-likeness (QED) is 0.811. The first-order valence-corrected chi connectivity index (χ1v) is 5.85. The monoisotopic (exact) mass is 251 g/mol. The Hall–Kier alpha value is -1.66. The van der Waals surface area contributed by atoms with Crippen LogP contribution in [0.3, 0.4) is 0 Å². The van der Waals surface area contributed by atoms with E-state index in [2.05, 4.69) is 4.98 Å². The average Bonchev–Trinajstić information content (AvgIpc) is 2.46. The highest BCUT2D eigenvalue weighted by atomic mass is 16.5. The maximum Gasteiger partial charge on any atom is 0.259 e. The molecule has 0 aliphatic carbocycles. The molecule has 1 fully saturated rings. The van der Waals surface area contributed by atoms with E-state index in [1.807, 2.05) is 0 Å². The molecule has 1 saturated heterocycles. The van der Waals surface area contributed by atoms with Gasteiger partial charge >= 0.3 is 0 Å². The van der Waals surface area contributed by atoms with E-state index in [0.717, 1.165) is 0 Å². The molecule has 1 amide bonds. The van der Waals surface area contributed by atoms with E-state index >= 15 is 0 Å². The number of morpholine rings is 1. The molecule has 1 aromatic rings. The molecule has 1 unspecified atom stereocenters. The van der Waals surface area contributed by atoms with Crippen molar-refractivity contribution in [2.24, 2.45) is 5.73 Å². The third-order valence-corrected chi connectivity index (χ3v) is 2.96. The van der Waals surface area contributed by atoms with Gasteiger partial charge in [0, 0.05) is 19.3 Å². The molecule has 6 heteroatoms. The first-order valence-electron chi connectivity index (χ1n) is 5.85. The summed E-state index contributed by atoms with van der Waals surface area (Å²) in [6.45, 7) is 1.93. The van der Waals surface area contributed by atoms with Crippen molar-refractivity contribution >= 4 is 5.91 Å². The van der Waals surface area contributed by atoms with Crippen molar-refractivity contribution in [1.29, 1.82) is 0 Å². The first-order chi connectivity index (χ1) is 8.77. The maximum atomic E-state index is 12.4. The van der Waals surface area contributed by atoms with Crippen molar-refractivity contribution in [3.63, 3.8) is 0 Å². The number of aromatic nitrogens is 1. The van der Waals surface area contributed by atoms with Gasteiger partial charge in [-0.15, -0.1) is 0 Å². The third kappa shape index (κ3) is 2.44. The van der Waals surface area contributed by atoms with Gasteiger partial charge in [0.25, 0.3) is 5.91 Å². The van der Waals surface area contributed by atoms with Gasteiger partial charge in [0.2, 0.25) is 5.88 Å². The Bertz CT molecular complexity index is 425. The number of methoxy groups -OCH3 is 1. The predicted molar refractivity (Wildman–Crippen MR) is 65.5 cm³/mol. The minimum absolute atomic E-state index is 0.0869. The van der Waals surface area contributed by atoms with Crippen LogP contribution in [0.4, 0.5) is 0 Å². The standard InChI is InChI=1S/C12H17N3O3/c1-17-11-10(3-2-4-14-11)12(16)15-5-6-18-8-9(15)7-13/h2-4,9H,5-8,13H2,1H3. The average molecular weight is 251 g/mol. The van der Waals surface area contributed by atoms with Crippen molar-refractivity contribution < 1.29 is 14.3 Å². The molecule has 1 aliphatic heterocycles. The van der Waals surface area contributed by atoms with Crippen molar-refractivity contribution in [1.82, 2.24) is 9.88 Å². The van der Waals surface area contributed by atoms with Gasteiger partial charge in [0.15, 0.2) is 0 Å². The number of nitrogens with zero attached hydrogens (tertiary/aromatic N) is 2. The van der Waals surface area contributed by atoms with Gasteiger partial charge in [-0.05, 0) is 12.1 Å². The van der Waals surface area contributed by atoms with Crippen LogP contribution in [0.2, 0.25) is 0 Å². The highest BCUT2D eigenvalue weighted by Gasteiger charge is 2.28. The maximum absolute atomic E-state index is 12.4. The zero-order valence-electron chi connectivity index (χ0n) is 10.3. The van der Waals surface area contributed by atoms with E-state index in [9.17, 15) is 4.79 Å². The Balaban J connectivity index is 2.24. The van der Waals surface area contributed by atoms with Crippen LogP contribution in [0.25, 0.3) is 0 Å². The largest absolute Gasteiger partial charge is 0.480 e. The molecule has 98 valence electrons. The van der Waals surface area contributed by atoms with Crippen molar-refractivity contribution in [3.05, 3.63) is 23.9 Å². The molecule has 0 spiro atoms. The highest BCUT2D eigenvalue weighted by molar-refractivity contribution is 5.96. The molecule has 1 aliphatic rings. The molecule has 2 heterocycles. The Labute approximate surface area is 106 Å². The van der Waals surface area contributed by atoms with Crippen LogP contribution in [0.15, 0.2) is 18.3 Å². The Kier molecular flexibility index (Phi) is 4.11. The minimum Gasteiger partial charge on any atom is -0.480 e. The number of amides is 1. The summed E-state index contributed by atoms with van der Waals surface area (Å²) in [6.07, 6.45) is 1.59. The van der Waals surface area contributed by atoms with Crippen LogP contribution in [0.5, 0.6) is 5.88 Å². The summed E-state index contributed by atoms with van der Waals surface area (Å²) < 4.78 is 10.4. The predicted octanol–water partition coefficient (Wildman–Crippen LogP) is -0.110. The summed E-state index contributed by atoms with van der Waals surface area (Å²) in [7, 11) is 1.50. The van der Waals surface area contributed by atoms with Gasteiger partial charge in [-0.3, -0.25) is 4.79 Å². The zero-order valence-corrected chi connectivity index (χ0v) is 10.3. The van der Waals surface area contributed by atoms with E-state index in [1.54, 1.807) is 23.2 Å². The van der Waals surface area contributed by atoms with E-state index in [4.69, 9.17) is 15.2 Å². The Morgan fingerprint density at radius 2 is 2.56 bits per heavy atom. The second-order valence-electron chi connectivity index (χ2n) is 4.02. The van der Waals surface area contributed by atoms with Crippen LogP contribution in [0, 0.1) is 0 Å². The summed E-state index contributed by atoms with van der Waals surface area (Å²) in [5, 5.41) is 0. The minimum atomic E-state index is -0.112. The summed E-state index contributed by atoms with van der Waals surface area (Å²) in [5.41, 5.74) is 6.12. The zero-order chi connectivity index (χ0) is 13.0. The molecule has 2 rings (SSSR count). The van der Waals surface area contributed by atoms with E-state index in [0.29, 0.717) is 37.7 Å². The number of hydrogen-bond acceptors (Lipinski definition) is 5. The summed E-state index contributed by atoms with van der Waals surface area (Å²) in [5.74, 6) is 0.225. The molecular formula is C12H17N3O3. The lowest BCUT2D eigenvalue weighted by molar-refractivity contribution is 0.000651. The number of hydrogen-bond donors (Lipinski definition) is 1. The van der Waals surface area contributed by atoms with Crippen LogP contribution < -0.4 is 10.5 Å². The van der Waals surface area contributed by atoms with Gasteiger partial charge in [-0.2, -0.15) is 0 Å². The van der Waals surface area contributed by atoms with Crippen LogP contribution in [-0.2, 0) is 4.74 Å². The molecule has 0 aromatic carbocycles. The van der Waals surface area contributed by atoms with Gasteiger partial charge < -0.3 is 20.1 Å². The number of ether oxygens (including phenoxy) is 2. The van der Waals surface area contributed by atoms with E-state index in [1.165, 1.54) is 7.11 Å². The van der Waals surface area contributed by atoms with Gasteiger partial charge in [-0.1, -0.05) is 0 Å². The van der Waals surface area contributed by atoms with Crippen molar-refractivity contribution in [2.75, 3.05) is 33.4 Å². The summed E-state index contributed by atoms with van der Waals surface area (Å²) in [6, 6.07) is 3.33. The molecule has 18 heavy (non-hydrogen) atoms. The molecule has 0 saturated carbocycles. The smallest absolute Gasteiger partial charge is 0.259 e. The number of carbonyl (C=O) groups excluding carboxylic acids is 1. The van der Waals surface area contributed by atoms with Gasteiger partial charge in [-0.25, -0.2) is 4.98 Å². The lowest BCUT2D eigenvalue weighted by Gasteiger charge is -2.35. The number of carbonyl (C=O) groups is 1. The summed E-state index contributed by atoms with van der Waals surface area (Å²) in [4.78, 5) is 18.2. The fourth-order valence-corrected chi connectivity index (χ4v) is 1.99. The van der Waals surface area contributed by atoms with E-state index in [-0.39, 0.29) is 11.9 Å². The second-order valence-corrected chi connectivity index (χ2v) is 4.02. The molecule has 1 aromatic heterocycles. The Morgan fingerprint density at radius 1 is 1.72 bits per heavy atom. The second kappa shape index (κ2) is 5.79. The molecule has 2 N–H and O–H groups in total. The van der Waals surface area contributed by atoms with Gasteiger partial charge in [0.1, 0.15) is 5.56 Å². The van der Waals surface area contributed by atoms with Crippen LogP contribution in [-0.4, -0.2) is 55.2 Å². The summed E-state index contributed by atoms with van der Waals surface area (Å²) >= 11 is 0. The van der Waals surface area contributed by atoms with E-state index < -0.39 is 0 Å². The molecule has 0 radical (unpaired) electrons. The Morgan fingerprint density at radius 3 is 3.28 bits per heavy atom. The number of rotatable bonds is 3. The van der Waals surface area contributed by atoms with Crippen molar-refractivity contribution in [2.45, 2.75) is 6.04 Å². The van der Waals surface area contributed by atoms with Crippen LogP contribution in [0.1, 0.15) is 10.4 Å².